The Morgan fingerprint density at radius 1 is 1.43 bits per heavy atom. The van der Waals surface area contributed by atoms with E-state index >= 15 is 0 Å². The molecule has 0 amide bonds. The number of anilines is 1. The summed E-state index contributed by atoms with van der Waals surface area (Å²) in [6.45, 7) is 0. The second-order valence-electron chi connectivity index (χ2n) is 3.09. The molecule has 0 atom stereocenters. The van der Waals surface area contributed by atoms with Gasteiger partial charge < -0.3 is 14.7 Å². The molecule has 1 aromatic carbocycles. The predicted octanol–water partition coefficient (Wildman–Crippen LogP) is 1.46. The highest BCUT2D eigenvalue weighted by Crippen LogP contribution is 2.27. The lowest BCUT2D eigenvalue weighted by atomic mass is 10.2. The van der Waals surface area contributed by atoms with Crippen LogP contribution >= 0.6 is 0 Å². The number of hydrogen-bond acceptors (Lipinski definition) is 3. The molecule has 0 unspecified atom stereocenters. The molecule has 1 aromatic rings. The van der Waals surface area contributed by atoms with Crippen molar-refractivity contribution in [3.8, 4) is 5.75 Å². The highest BCUT2D eigenvalue weighted by molar-refractivity contribution is 5.89. The van der Waals surface area contributed by atoms with E-state index in [1.54, 1.807) is 12.1 Å². The first kappa shape index (κ1) is 10.4. The van der Waals surface area contributed by atoms with Gasteiger partial charge in [-0.1, -0.05) is 0 Å². The van der Waals surface area contributed by atoms with Crippen molar-refractivity contribution in [2.75, 3.05) is 26.1 Å². The maximum atomic E-state index is 10.7. The van der Waals surface area contributed by atoms with Crippen molar-refractivity contribution in [3.05, 3.63) is 23.8 Å². The van der Waals surface area contributed by atoms with Gasteiger partial charge in [-0.25, -0.2) is 4.79 Å². The Labute approximate surface area is 82.7 Å². The van der Waals surface area contributed by atoms with Crippen LogP contribution in [-0.4, -0.2) is 32.3 Å². The fraction of sp³-hybridized carbons (Fsp3) is 0.300. The Morgan fingerprint density at radius 2 is 2.07 bits per heavy atom. The van der Waals surface area contributed by atoms with Gasteiger partial charge in [-0.05, 0) is 18.2 Å². The van der Waals surface area contributed by atoms with Gasteiger partial charge in [-0.15, -0.1) is 0 Å². The van der Waals surface area contributed by atoms with Crippen LogP contribution in [0.4, 0.5) is 5.69 Å². The summed E-state index contributed by atoms with van der Waals surface area (Å²) in [5, 5.41) is 8.77. The summed E-state index contributed by atoms with van der Waals surface area (Å²) in [4.78, 5) is 12.5. The van der Waals surface area contributed by atoms with E-state index in [1.807, 2.05) is 19.0 Å². The molecule has 4 nitrogen and oxygen atoms in total. The molecule has 1 N–H and O–H groups in total. The number of hydrogen-bond donors (Lipinski definition) is 1. The highest BCUT2D eigenvalue weighted by Gasteiger charge is 2.09. The maximum Gasteiger partial charge on any atom is 0.335 e. The minimum atomic E-state index is -0.950. The Hall–Kier alpha value is -1.71. The minimum Gasteiger partial charge on any atom is -0.495 e. The molecule has 0 aromatic heterocycles. The van der Waals surface area contributed by atoms with E-state index in [0.29, 0.717) is 5.75 Å². The largest absolute Gasteiger partial charge is 0.495 e. The third-order valence-electron chi connectivity index (χ3n) is 1.91. The van der Waals surface area contributed by atoms with Crippen LogP contribution < -0.4 is 9.64 Å². The monoisotopic (exact) mass is 195 g/mol. The van der Waals surface area contributed by atoms with Gasteiger partial charge in [0.1, 0.15) is 5.75 Å². The molecule has 1 rings (SSSR count). The second-order valence-corrected chi connectivity index (χ2v) is 3.09. The normalized spacial score (nSPS) is 9.64. The van der Waals surface area contributed by atoms with Crippen molar-refractivity contribution in [3.63, 3.8) is 0 Å². The summed E-state index contributed by atoms with van der Waals surface area (Å²) in [5.41, 5.74) is 1.09. The molecule has 14 heavy (non-hydrogen) atoms. The molecule has 0 spiro atoms. The predicted molar refractivity (Wildman–Crippen MR) is 54.3 cm³/mol. The van der Waals surface area contributed by atoms with Crippen LogP contribution in [0.1, 0.15) is 10.4 Å². The van der Waals surface area contributed by atoms with Crippen LogP contribution in [0.3, 0.4) is 0 Å². The molecule has 0 heterocycles. The van der Waals surface area contributed by atoms with Crippen molar-refractivity contribution < 1.29 is 14.6 Å². The van der Waals surface area contributed by atoms with Crippen LogP contribution in [-0.2, 0) is 0 Å². The second kappa shape index (κ2) is 4.00. The molecule has 0 aliphatic carbocycles. The molecule has 0 bridgehead atoms. The summed E-state index contributed by atoms with van der Waals surface area (Å²) in [5.74, 6) is -0.386. The fourth-order valence-electron chi connectivity index (χ4n) is 1.18. The van der Waals surface area contributed by atoms with Crippen LogP contribution in [0.2, 0.25) is 0 Å². The topological polar surface area (TPSA) is 49.8 Å². The van der Waals surface area contributed by atoms with Crippen LogP contribution in [0, 0.1) is 0 Å². The van der Waals surface area contributed by atoms with E-state index in [1.165, 1.54) is 13.2 Å². The van der Waals surface area contributed by atoms with Crippen LogP contribution in [0.15, 0.2) is 18.2 Å². The number of aromatic carboxylic acids is 1. The summed E-state index contributed by atoms with van der Waals surface area (Å²) in [7, 11) is 5.27. The zero-order valence-electron chi connectivity index (χ0n) is 8.44. The zero-order chi connectivity index (χ0) is 10.7. The molecule has 0 saturated heterocycles. The lowest BCUT2D eigenvalue weighted by Gasteiger charge is -2.16. The third kappa shape index (κ3) is 1.96. The van der Waals surface area contributed by atoms with Crippen molar-refractivity contribution >= 4 is 11.7 Å². The van der Waals surface area contributed by atoms with Crippen molar-refractivity contribution in [2.24, 2.45) is 0 Å². The Balaban J connectivity index is 3.18. The lowest BCUT2D eigenvalue weighted by molar-refractivity contribution is 0.0696. The average Bonchev–Trinajstić information content (AvgIpc) is 2.16. The Morgan fingerprint density at radius 3 is 2.50 bits per heavy atom. The van der Waals surface area contributed by atoms with Crippen LogP contribution in [0.25, 0.3) is 0 Å². The SMILES string of the molecule is COc1cc(C(=O)O)ccc1N(C)C. The van der Waals surface area contributed by atoms with Crippen molar-refractivity contribution in [1.82, 2.24) is 0 Å². The zero-order valence-corrected chi connectivity index (χ0v) is 8.44. The summed E-state index contributed by atoms with van der Waals surface area (Å²) in [6.07, 6.45) is 0. The Kier molecular flexibility index (Phi) is 2.96. The highest BCUT2D eigenvalue weighted by atomic mass is 16.5. The number of methoxy groups -OCH3 is 1. The molecule has 0 aliphatic rings. The minimum absolute atomic E-state index is 0.229. The maximum absolute atomic E-state index is 10.7. The summed E-state index contributed by atoms with van der Waals surface area (Å²) in [6, 6.07) is 4.79. The van der Waals surface area contributed by atoms with E-state index in [0.717, 1.165) is 5.69 Å². The number of ether oxygens (including phenoxy) is 1. The van der Waals surface area contributed by atoms with Gasteiger partial charge >= 0.3 is 5.97 Å². The first-order valence-electron chi connectivity index (χ1n) is 4.15. The first-order valence-corrected chi connectivity index (χ1v) is 4.15. The van der Waals surface area contributed by atoms with E-state index < -0.39 is 5.97 Å². The van der Waals surface area contributed by atoms with Gasteiger partial charge in [0.15, 0.2) is 0 Å². The average molecular weight is 195 g/mol. The fourth-order valence-corrected chi connectivity index (χ4v) is 1.18. The number of benzene rings is 1. The van der Waals surface area contributed by atoms with Gasteiger partial charge in [-0.3, -0.25) is 0 Å². The number of rotatable bonds is 3. The van der Waals surface area contributed by atoms with Gasteiger partial charge in [-0.2, -0.15) is 0 Å². The quantitative estimate of drug-likeness (QED) is 0.793. The molecule has 4 heteroatoms. The lowest BCUT2D eigenvalue weighted by Crippen LogP contribution is -2.10. The number of nitrogens with zero attached hydrogens (tertiary/aromatic N) is 1. The molecule has 0 fully saturated rings. The summed E-state index contributed by atoms with van der Waals surface area (Å²) < 4.78 is 5.09. The molecule has 0 saturated carbocycles. The molecule has 0 radical (unpaired) electrons. The smallest absolute Gasteiger partial charge is 0.335 e. The molecular formula is C10H13NO3. The van der Waals surface area contributed by atoms with E-state index in [9.17, 15) is 4.79 Å². The van der Waals surface area contributed by atoms with Gasteiger partial charge in [0.05, 0.1) is 18.4 Å². The first-order chi connectivity index (χ1) is 6.56. The molecule has 76 valence electrons. The number of carboxylic acid groups (broad SMARTS) is 1. The van der Waals surface area contributed by atoms with E-state index in [4.69, 9.17) is 9.84 Å². The third-order valence-corrected chi connectivity index (χ3v) is 1.91. The Bertz CT molecular complexity index is 347. The molecular weight excluding hydrogens is 182 g/mol. The molecule has 0 aliphatic heterocycles. The van der Waals surface area contributed by atoms with Crippen molar-refractivity contribution in [2.45, 2.75) is 0 Å². The van der Waals surface area contributed by atoms with Gasteiger partial charge in [0.25, 0.3) is 0 Å². The number of carbonyl (C=O) groups is 1. The van der Waals surface area contributed by atoms with E-state index in [-0.39, 0.29) is 5.56 Å². The van der Waals surface area contributed by atoms with Gasteiger partial charge in [0.2, 0.25) is 0 Å². The standard InChI is InChI=1S/C10H13NO3/c1-11(2)8-5-4-7(10(12)13)6-9(8)14-3/h4-6H,1-3H3,(H,12,13). The number of carboxylic acids is 1. The van der Waals surface area contributed by atoms with Gasteiger partial charge in [0, 0.05) is 14.1 Å². The summed E-state index contributed by atoms with van der Waals surface area (Å²) >= 11 is 0. The van der Waals surface area contributed by atoms with Crippen molar-refractivity contribution in [1.29, 1.82) is 0 Å². The van der Waals surface area contributed by atoms with Crippen LogP contribution in [0.5, 0.6) is 5.75 Å². The van der Waals surface area contributed by atoms with E-state index in [2.05, 4.69) is 0 Å².